The first-order chi connectivity index (χ1) is 13.6. The molecule has 3 N–H and O–H groups in total. The summed E-state index contributed by atoms with van der Waals surface area (Å²) in [5.41, 5.74) is 5.52. The van der Waals surface area contributed by atoms with Crippen LogP contribution in [0.2, 0.25) is 0 Å². The predicted molar refractivity (Wildman–Crippen MR) is 106 cm³/mol. The molecule has 2 aromatic carbocycles. The zero-order chi connectivity index (χ0) is 19.5. The number of aliphatic hydroxyl groups excluding tert-OH is 1. The van der Waals surface area contributed by atoms with Crippen molar-refractivity contribution < 1.29 is 14.6 Å². The monoisotopic (exact) mass is 377 g/mol. The van der Waals surface area contributed by atoms with Crippen molar-refractivity contribution in [3.05, 3.63) is 71.8 Å². The molecular weight excluding hydrogens is 354 g/mol. The summed E-state index contributed by atoms with van der Waals surface area (Å²) in [5.74, 6) is 0.509. The molecule has 0 saturated carbocycles. The molecule has 0 fully saturated rings. The lowest BCUT2D eigenvalue weighted by atomic mass is 10.1. The maximum Gasteiger partial charge on any atom is 0.269 e. The summed E-state index contributed by atoms with van der Waals surface area (Å²) >= 11 is 0. The number of ether oxygens (including phenoxy) is 1. The van der Waals surface area contributed by atoms with Gasteiger partial charge >= 0.3 is 0 Å². The molecule has 3 aromatic rings. The minimum atomic E-state index is -0.690. The summed E-state index contributed by atoms with van der Waals surface area (Å²) in [6, 6.07) is 14.2. The van der Waals surface area contributed by atoms with Crippen molar-refractivity contribution in [1.29, 1.82) is 0 Å². The van der Waals surface area contributed by atoms with Gasteiger partial charge in [-0.25, -0.2) is 4.98 Å². The van der Waals surface area contributed by atoms with Gasteiger partial charge in [0.2, 0.25) is 0 Å². The highest BCUT2D eigenvalue weighted by Crippen LogP contribution is 2.38. The van der Waals surface area contributed by atoms with Gasteiger partial charge in [-0.2, -0.15) is 0 Å². The third-order valence-electron chi connectivity index (χ3n) is 5.10. The van der Waals surface area contributed by atoms with E-state index in [4.69, 9.17) is 4.74 Å². The van der Waals surface area contributed by atoms with Gasteiger partial charge in [-0.1, -0.05) is 30.3 Å². The summed E-state index contributed by atoms with van der Waals surface area (Å²) < 4.78 is 5.90. The van der Waals surface area contributed by atoms with Crippen molar-refractivity contribution in [3.63, 3.8) is 0 Å². The summed E-state index contributed by atoms with van der Waals surface area (Å²) in [7, 11) is 0. The Morgan fingerprint density at radius 1 is 1.25 bits per heavy atom. The normalized spacial score (nSPS) is 14.1. The zero-order valence-electron chi connectivity index (χ0n) is 15.7. The molecule has 6 nitrogen and oxygen atoms in total. The fraction of sp³-hybridized carbons (Fsp3) is 0.273. The molecule has 1 heterocycles. The second-order valence-corrected chi connectivity index (χ2v) is 7.08. The molecule has 0 bridgehead atoms. The molecule has 4 rings (SSSR count). The fourth-order valence-corrected chi connectivity index (χ4v) is 3.58. The highest BCUT2D eigenvalue weighted by molar-refractivity contribution is 5.92. The summed E-state index contributed by atoms with van der Waals surface area (Å²) in [6.07, 6.45) is 3.62. The molecule has 0 unspecified atom stereocenters. The lowest BCUT2D eigenvalue weighted by Crippen LogP contribution is -2.43. The molecule has 28 heavy (non-hydrogen) atoms. The SMILES string of the molecule is C[C@H](O)[C@@H](CCOc1ccc2c(c1)Cc1ccccc1-2)NC(=O)c1cnc[nH]1. The Hall–Kier alpha value is -3.12. The first kappa shape index (κ1) is 18.3. The standard InChI is InChI=1S/C22H23N3O3/c1-14(26)20(25-22(27)21-12-23-13-24-21)8-9-28-17-6-7-19-16(11-17)10-15-4-2-3-5-18(15)19/h2-7,11-14,20,26H,8-10H2,1H3,(H,23,24)(H,25,27)/t14-,20+/m0/s1. The summed E-state index contributed by atoms with van der Waals surface area (Å²) in [6.45, 7) is 2.05. The number of imidazole rings is 1. The average Bonchev–Trinajstić information content (AvgIpc) is 3.34. The third kappa shape index (κ3) is 3.77. The van der Waals surface area contributed by atoms with Crippen LogP contribution in [-0.2, 0) is 6.42 Å². The van der Waals surface area contributed by atoms with Gasteiger partial charge < -0.3 is 20.1 Å². The summed E-state index contributed by atoms with van der Waals surface area (Å²) in [5, 5.41) is 12.8. The van der Waals surface area contributed by atoms with Crippen LogP contribution in [0.15, 0.2) is 55.0 Å². The minimum Gasteiger partial charge on any atom is -0.494 e. The number of aromatic amines is 1. The van der Waals surface area contributed by atoms with E-state index >= 15 is 0 Å². The number of fused-ring (bicyclic) bond motifs is 3. The second-order valence-electron chi connectivity index (χ2n) is 7.08. The van der Waals surface area contributed by atoms with Gasteiger partial charge in [-0.15, -0.1) is 0 Å². The van der Waals surface area contributed by atoms with E-state index in [9.17, 15) is 9.90 Å². The van der Waals surface area contributed by atoms with Crippen molar-refractivity contribution in [2.45, 2.75) is 31.9 Å². The Balaban J connectivity index is 1.35. The second kappa shape index (κ2) is 7.86. The lowest BCUT2D eigenvalue weighted by molar-refractivity contribution is 0.0827. The van der Waals surface area contributed by atoms with Gasteiger partial charge in [0.25, 0.3) is 5.91 Å². The van der Waals surface area contributed by atoms with Crippen molar-refractivity contribution >= 4 is 5.91 Å². The number of nitrogens with one attached hydrogen (secondary N) is 2. The van der Waals surface area contributed by atoms with E-state index in [1.54, 1.807) is 6.92 Å². The smallest absolute Gasteiger partial charge is 0.269 e. The molecular formula is C22H23N3O3. The highest BCUT2D eigenvalue weighted by atomic mass is 16.5. The fourth-order valence-electron chi connectivity index (χ4n) is 3.58. The van der Waals surface area contributed by atoms with Crippen LogP contribution in [0.4, 0.5) is 0 Å². The topological polar surface area (TPSA) is 87.2 Å². The minimum absolute atomic E-state index is 0.293. The quantitative estimate of drug-likeness (QED) is 0.462. The number of aromatic nitrogens is 2. The van der Waals surface area contributed by atoms with Crippen LogP contribution in [0.1, 0.15) is 35.0 Å². The van der Waals surface area contributed by atoms with E-state index < -0.39 is 12.1 Å². The summed E-state index contributed by atoms with van der Waals surface area (Å²) in [4.78, 5) is 18.8. The predicted octanol–water partition coefficient (Wildman–Crippen LogP) is 2.93. The molecule has 2 atom stereocenters. The number of rotatable bonds is 7. The van der Waals surface area contributed by atoms with Crippen LogP contribution in [0.25, 0.3) is 11.1 Å². The molecule has 144 valence electrons. The number of benzene rings is 2. The molecule has 1 aliphatic rings. The number of carbonyl (C=O) groups excluding carboxylic acids is 1. The van der Waals surface area contributed by atoms with E-state index in [2.05, 4.69) is 51.7 Å². The lowest BCUT2D eigenvalue weighted by Gasteiger charge is -2.21. The number of nitrogens with zero attached hydrogens (tertiary/aromatic N) is 1. The van der Waals surface area contributed by atoms with E-state index in [0.29, 0.717) is 18.7 Å². The molecule has 1 aromatic heterocycles. The van der Waals surface area contributed by atoms with Gasteiger partial charge in [0.15, 0.2) is 0 Å². The maximum absolute atomic E-state index is 12.2. The number of hydrogen-bond donors (Lipinski definition) is 3. The van der Waals surface area contributed by atoms with Crippen LogP contribution >= 0.6 is 0 Å². The van der Waals surface area contributed by atoms with Crippen molar-refractivity contribution in [1.82, 2.24) is 15.3 Å². The molecule has 0 spiro atoms. The molecule has 0 saturated heterocycles. The average molecular weight is 377 g/mol. The molecule has 1 amide bonds. The third-order valence-corrected chi connectivity index (χ3v) is 5.10. The van der Waals surface area contributed by atoms with Gasteiger partial charge in [-0.3, -0.25) is 4.79 Å². The number of carbonyl (C=O) groups is 1. The van der Waals surface area contributed by atoms with Crippen molar-refractivity contribution in [2.24, 2.45) is 0 Å². The van der Waals surface area contributed by atoms with Crippen LogP contribution < -0.4 is 10.1 Å². The Morgan fingerprint density at radius 2 is 2.07 bits per heavy atom. The van der Waals surface area contributed by atoms with E-state index in [0.717, 1.165) is 12.2 Å². The highest BCUT2D eigenvalue weighted by Gasteiger charge is 2.20. The Bertz CT molecular complexity index is 967. The van der Waals surface area contributed by atoms with Crippen LogP contribution in [0, 0.1) is 0 Å². The largest absolute Gasteiger partial charge is 0.494 e. The van der Waals surface area contributed by atoms with E-state index in [-0.39, 0.29) is 5.91 Å². The first-order valence-corrected chi connectivity index (χ1v) is 9.43. The first-order valence-electron chi connectivity index (χ1n) is 9.43. The van der Waals surface area contributed by atoms with E-state index in [1.165, 1.54) is 34.8 Å². The number of hydrogen-bond acceptors (Lipinski definition) is 4. The van der Waals surface area contributed by atoms with Gasteiger partial charge in [0.1, 0.15) is 11.4 Å². The number of H-pyrrole nitrogens is 1. The molecule has 0 radical (unpaired) electrons. The Labute approximate surface area is 163 Å². The molecule has 1 aliphatic carbocycles. The molecule has 0 aliphatic heterocycles. The number of amides is 1. The Kier molecular flexibility index (Phi) is 5.12. The van der Waals surface area contributed by atoms with Crippen LogP contribution in [-0.4, -0.2) is 39.7 Å². The maximum atomic E-state index is 12.2. The van der Waals surface area contributed by atoms with Crippen molar-refractivity contribution in [3.8, 4) is 16.9 Å². The van der Waals surface area contributed by atoms with Gasteiger partial charge in [0.05, 0.1) is 31.3 Å². The van der Waals surface area contributed by atoms with Crippen molar-refractivity contribution in [2.75, 3.05) is 6.61 Å². The van der Waals surface area contributed by atoms with Gasteiger partial charge in [0, 0.05) is 6.42 Å². The van der Waals surface area contributed by atoms with Crippen LogP contribution in [0.5, 0.6) is 5.75 Å². The van der Waals surface area contributed by atoms with Crippen LogP contribution in [0.3, 0.4) is 0 Å². The molecule has 6 heteroatoms. The van der Waals surface area contributed by atoms with E-state index in [1.807, 2.05) is 6.07 Å². The number of aliphatic hydroxyl groups is 1. The zero-order valence-corrected chi connectivity index (χ0v) is 15.7. The Morgan fingerprint density at radius 3 is 2.86 bits per heavy atom. The van der Waals surface area contributed by atoms with Gasteiger partial charge in [-0.05, 0) is 47.7 Å².